The van der Waals surface area contributed by atoms with Crippen LogP contribution in [0.2, 0.25) is 0 Å². The number of β-amino-alcohol motifs (C(OH)–C–C–N with tert-alkyl or cyclic N) is 3. The second kappa shape index (κ2) is 24.5. The molecule has 3 N–H and O–H groups in total. The normalized spacial score (nSPS) is 19.8. The van der Waals surface area contributed by atoms with Gasteiger partial charge in [-0.15, -0.1) is 0 Å². The quantitative estimate of drug-likeness (QED) is 0.113. The first kappa shape index (κ1) is 57.4. The van der Waals surface area contributed by atoms with Crippen molar-refractivity contribution in [2.75, 3.05) is 75.2 Å². The monoisotopic (exact) mass is 1150 g/mol. The zero-order valence-corrected chi connectivity index (χ0v) is 49.0. The topological polar surface area (TPSA) is 159 Å². The summed E-state index contributed by atoms with van der Waals surface area (Å²) < 4.78 is 36.4. The highest BCUT2D eigenvalue weighted by Crippen LogP contribution is 2.54. The molecule has 0 saturated heterocycles. The number of aryl methyl sites for hydroxylation is 4. The minimum absolute atomic E-state index is 0.00505. The molecule has 14 rings (SSSR count). The lowest BCUT2D eigenvalue weighted by atomic mass is 9.74. The summed E-state index contributed by atoms with van der Waals surface area (Å²) in [5, 5.41) is 29.1. The molecule has 0 bridgehead atoms. The molecule has 4 heterocycles. The summed E-state index contributed by atoms with van der Waals surface area (Å²) >= 11 is 0. The first-order valence-corrected chi connectivity index (χ1v) is 30.1. The Morgan fingerprint density at radius 2 is 1.00 bits per heavy atom. The minimum atomic E-state index is -0.363. The van der Waals surface area contributed by atoms with Crippen LogP contribution in [0, 0.1) is 19.7 Å². The fourth-order valence-corrected chi connectivity index (χ4v) is 14.7. The van der Waals surface area contributed by atoms with Gasteiger partial charge in [0.15, 0.2) is 40.3 Å². The molecule has 6 aromatic rings. The molecule has 6 aromatic carbocycles. The Balaban J connectivity index is 0.000000126. The van der Waals surface area contributed by atoms with Crippen molar-refractivity contribution in [3.8, 4) is 23.0 Å². The number of halogens is 1. The van der Waals surface area contributed by atoms with Gasteiger partial charge in [-0.25, -0.2) is 4.39 Å². The smallest absolute Gasteiger partial charge is 0.231 e. The molecule has 14 heteroatoms. The number of allylic oxidation sites excluding steroid dienone is 6. The molecular weight excluding hydrogens is 1070 g/mol. The van der Waals surface area contributed by atoms with Crippen molar-refractivity contribution in [2.45, 2.75) is 109 Å². The number of ketones is 3. The second-order valence-electron chi connectivity index (χ2n) is 23.2. The lowest BCUT2D eigenvalue weighted by Gasteiger charge is -2.41. The molecule has 4 aliphatic heterocycles. The van der Waals surface area contributed by atoms with Crippen LogP contribution in [0.3, 0.4) is 0 Å². The molecule has 0 radical (unpaired) electrons. The number of benzene rings is 6. The maximum absolute atomic E-state index is 14.0. The van der Waals surface area contributed by atoms with Gasteiger partial charge < -0.3 is 49.0 Å². The molecule has 13 nitrogen and oxygen atoms in total. The summed E-state index contributed by atoms with van der Waals surface area (Å²) in [6.45, 7) is 5.78. The minimum Gasteiger partial charge on any atom is -0.493 e. The van der Waals surface area contributed by atoms with Crippen LogP contribution in [0.1, 0.15) is 138 Å². The predicted octanol–water partition coefficient (Wildman–Crippen LogP) is 11.9. The summed E-state index contributed by atoms with van der Waals surface area (Å²) in [7, 11) is 3.31. The molecule has 4 aliphatic carbocycles. The molecule has 3 unspecified atom stereocenters. The van der Waals surface area contributed by atoms with Crippen LogP contribution in [0.25, 0.3) is 0 Å². The molecule has 0 aromatic heterocycles. The van der Waals surface area contributed by atoms with E-state index in [0.29, 0.717) is 61.7 Å². The predicted molar refractivity (Wildman–Crippen MR) is 326 cm³/mol. The molecular formula is C71H74FN3O10. The third-order valence-corrected chi connectivity index (χ3v) is 18.2. The number of methoxy groups -OCH3 is 2. The largest absolute Gasteiger partial charge is 0.493 e. The highest BCUT2D eigenvalue weighted by atomic mass is 19.1. The number of aliphatic hydroxyl groups excluding tert-OH is 3. The van der Waals surface area contributed by atoms with Gasteiger partial charge in [-0.3, -0.25) is 14.4 Å². The number of anilines is 3. The van der Waals surface area contributed by atoms with E-state index in [1.165, 1.54) is 51.9 Å². The average Bonchev–Trinajstić information content (AvgIpc) is 1.96. The highest BCUT2D eigenvalue weighted by Gasteiger charge is 2.43. The Labute approximate surface area is 496 Å². The zero-order valence-electron chi connectivity index (χ0n) is 49.0. The number of hydrogen-bond donors (Lipinski definition) is 3. The summed E-state index contributed by atoms with van der Waals surface area (Å²) in [6, 6.07) is 35.8. The van der Waals surface area contributed by atoms with Crippen LogP contribution in [-0.4, -0.2) is 93.1 Å². The Morgan fingerprint density at radius 3 is 1.56 bits per heavy atom. The summed E-state index contributed by atoms with van der Waals surface area (Å²) in [5.74, 6) is 2.41. The molecule has 0 spiro atoms. The molecule has 0 fully saturated rings. The fourth-order valence-electron chi connectivity index (χ4n) is 14.7. The van der Waals surface area contributed by atoms with E-state index in [-0.39, 0.29) is 67.5 Å². The Kier molecular flexibility index (Phi) is 16.6. The molecule has 440 valence electrons. The Morgan fingerprint density at radius 1 is 0.494 bits per heavy atom. The Bertz CT molecular complexity index is 3720. The average molecular weight is 1150 g/mol. The lowest BCUT2D eigenvalue weighted by molar-refractivity contribution is -0.117. The molecule has 8 aliphatic rings. The van der Waals surface area contributed by atoms with E-state index in [1.54, 1.807) is 20.3 Å². The van der Waals surface area contributed by atoms with Crippen LogP contribution in [0.15, 0.2) is 143 Å². The van der Waals surface area contributed by atoms with Crippen LogP contribution in [-0.2, 0) is 27.2 Å². The highest BCUT2D eigenvalue weighted by molar-refractivity contribution is 6.03. The van der Waals surface area contributed by atoms with Crippen molar-refractivity contribution in [1.29, 1.82) is 0 Å². The van der Waals surface area contributed by atoms with Crippen molar-refractivity contribution in [1.82, 2.24) is 0 Å². The van der Waals surface area contributed by atoms with Gasteiger partial charge in [0.1, 0.15) is 5.82 Å². The molecule has 85 heavy (non-hydrogen) atoms. The molecule has 0 saturated carbocycles. The van der Waals surface area contributed by atoms with E-state index >= 15 is 0 Å². The van der Waals surface area contributed by atoms with Gasteiger partial charge in [0.05, 0.1) is 34.0 Å². The van der Waals surface area contributed by atoms with Crippen LogP contribution < -0.4 is 33.6 Å². The maximum Gasteiger partial charge on any atom is 0.231 e. The zero-order chi connectivity index (χ0) is 59.0. The molecule has 0 amide bonds. The lowest BCUT2D eigenvalue weighted by Crippen LogP contribution is -2.37. The molecule has 3 atom stereocenters. The third kappa shape index (κ3) is 10.6. The first-order chi connectivity index (χ1) is 41.4. The number of fused-ring (bicyclic) bond motifs is 5. The summed E-state index contributed by atoms with van der Waals surface area (Å²) in [5.41, 5.74) is 20.0. The second-order valence-corrected chi connectivity index (χ2v) is 23.2. The van der Waals surface area contributed by atoms with E-state index < -0.39 is 0 Å². The summed E-state index contributed by atoms with van der Waals surface area (Å²) in [6.07, 6.45) is 10.1. The number of aliphatic hydroxyl groups is 3. The van der Waals surface area contributed by atoms with E-state index in [0.717, 1.165) is 125 Å². The van der Waals surface area contributed by atoms with Gasteiger partial charge in [-0.2, -0.15) is 0 Å². The van der Waals surface area contributed by atoms with Gasteiger partial charge in [0.2, 0.25) is 6.79 Å². The number of carbonyl (C=O) groups is 3. The van der Waals surface area contributed by atoms with Crippen LogP contribution in [0.4, 0.5) is 21.5 Å². The van der Waals surface area contributed by atoms with Gasteiger partial charge in [-0.05, 0) is 164 Å². The third-order valence-electron chi connectivity index (χ3n) is 18.2. The number of Topliss-reactive ketones (excluding diaryl/α,β-unsaturated/α-hetero) is 3. The van der Waals surface area contributed by atoms with Crippen molar-refractivity contribution < 1.29 is 53.0 Å². The van der Waals surface area contributed by atoms with E-state index in [9.17, 15) is 34.1 Å². The van der Waals surface area contributed by atoms with Crippen LogP contribution >= 0.6 is 0 Å². The van der Waals surface area contributed by atoms with Crippen LogP contribution in [0.5, 0.6) is 23.0 Å². The van der Waals surface area contributed by atoms with Gasteiger partial charge >= 0.3 is 0 Å². The Hall–Kier alpha value is -8.04. The maximum atomic E-state index is 14.0. The number of ether oxygens (including phenoxy) is 4. The number of nitrogens with zero attached hydrogens (tertiary/aromatic N) is 3. The van der Waals surface area contributed by atoms with Crippen molar-refractivity contribution in [2.24, 2.45) is 0 Å². The SMILES string of the molecule is COc1cc(C2C3=C(CCCC3=O)N(CCO)c3cc4c(cc32)CCC4)cc(C)c1OC.Cc1ccc2c(c1)N(CCO)C1=C(C(=O)CCC1)C2c1ccccc1.O=C1CCCC2=C1C(c1cccc(F)c1)c1cc3c(cc1N2CCO)OCO3. The first-order valence-electron chi connectivity index (χ1n) is 30.1. The number of hydrogen-bond acceptors (Lipinski definition) is 13. The van der Waals surface area contributed by atoms with Gasteiger partial charge in [-0.1, -0.05) is 66.7 Å². The van der Waals surface area contributed by atoms with E-state index in [1.807, 2.05) is 54.3 Å². The van der Waals surface area contributed by atoms with E-state index in [2.05, 4.69) is 65.3 Å². The standard InChI is InChI=1S/C27H31NO4.C22H20FNO4.C22H23NO2/c1-16-12-19(15-24(31-2)27(16)32-3)25-20-13-17-6-4-7-18(17)14-22(20)28(10-11-29)21-8-5-9-23(30)26(21)25;23-14-4-1-3-13(9-14)21-15-10-19-20(28-12-27-19)11-17(15)24(7-8-25)16-5-2-6-18(26)22(16)21;1-15-10-11-17-19(14-15)23(12-13-24)18-8-5-9-20(25)22(18)21(17)16-6-3-2-4-7-16/h12-15,25,29H,4-11H2,1-3H3;1,3-4,9-11,21,25H,2,5-8,12H2;2-4,6-7,10-11,14,21,24H,5,8-9,12-13H2,1H3. The fraction of sp³-hybridized carbons (Fsp3) is 0.366. The van der Waals surface area contributed by atoms with Crippen molar-refractivity contribution >= 4 is 34.4 Å². The van der Waals surface area contributed by atoms with Gasteiger partial charge in [0.25, 0.3) is 0 Å². The van der Waals surface area contributed by atoms with Crippen molar-refractivity contribution in [3.05, 3.63) is 204 Å². The van der Waals surface area contributed by atoms with E-state index in [4.69, 9.17) is 18.9 Å². The van der Waals surface area contributed by atoms with Gasteiger partial charge in [0, 0.05) is 114 Å². The number of rotatable bonds is 11. The van der Waals surface area contributed by atoms with Crippen molar-refractivity contribution in [3.63, 3.8) is 0 Å². The summed E-state index contributed by atoms with van der Waals surface area (Å²) in [4.78, 5) is 45.7. The number of carbonyl (C=O) groups excluding carboxylic acids is 3.